The molecule has 1 saturated carbocycles. The van der Waals surface area contributed by atoms with Crippen molar-refractivity contribution in [3.63, 3.8) is 0 Å². The first-order valence-corrected chi connectivity index (χ1v) is 12.3. The first-order valence-electron chi connectivity index (χ1n) is 12.3. The monoisotopic (exact) mass is 482 g/mol. The normalized spacial score (nSPS) is 20.6. The number of carbonyl (C=O) groups is 2. The fraction of sp³-hybridized carbons (Fsp3) is 0.300. The third-order valence-corrected chi connectivity index (χ3v) is 6.88. The maximum absolute atomic E-state index is 14.2. The van der Waals surface area contributed by atoms with E-state index in [2.05, 4.69) is 13.8 Å². The van der Waals surface area contributed by atoms with Gasteiger partial charge in [-0.1, -0.05) is 50.2 Å². The maximum atomic E-state index is 14.2. The smallest absolute Gasteiger partial charge is 0.258 e. The number of aliphatic imine (C=N–C) groups is 1. The lowest BCUT2D eigenvalue weighted by molar-refractivity contribution is -0.124. The van der Waals surface area contributed by atoms with Crippen LogP contribution in [-0.2, 0) is 4.79 Å². The minimum absolute atomic E-state index is 0.0144. The van der Waals surface area contributed by atoms with E-state index >= 15 is 0 Å². The molecule has 1 heterocycles. The molecule has 1 aliphatic carbocycles. The van der Waals surface area contributed by atoms with E-state index in [1.165, 1.54) is 0 Å². The van der Waals surface area contributed by atoms with Crippen LogP contribution in [0.1, 0.15) is 55.6 Å². The molecule has 2 aliphatic rings. The molecule has 6 nitrogen and oxygen atoms in total. The Morgan fingerprint density at radius 3 is 2.53 bits per heavy atom. The minimum Gasteiger partial charge on any atom is -0.504 e. The molecule has 36 heavy (non-hydrogen) atoms. The molecule has 1 fully saturated rings. The standard InChI is InChI=1S/C30H30N2O4/c1-4-36-26-16-20(14-15-24(26)33)28-27-22(17-30(2,3)18-25(27)34)31-21-12-8-9-13-23(21)32(28)29(35)19-10-6-5-7-11-19/h5-16,27-28,33H,4,17-18H2,1-3H3. The van der Waals surface area contributed by atoms with E-state index in [0.29, 0.717) is 47.7 Å². The highest BCUT2D eigenvalue weighted by Gasteiger charge is 2.48. The number of ketones is 1. The molecule has 2 atom stereocenters. The van der Waals surface area contributed by atoms with Crippen molar-refractivity contribution < 1.29 is 19.4 Å². The van der Waals surface area contributed by atoms with Gasteiger partial charge in [-0.2, -0.15) is 0 Å². The van der Waals surface area contributed by atoms with Gasteiger partial charge in [-0.05, 0) is 60.7 Å². The minimum atomic E-state index is -0.650. The second-order valence-electron chi connectivity index (χ2n) is 10.2. The van der Waals surface area contributed by atoms with E-state index < -0.39 is 12.0 Å². The topological polar surface area (TPSA) is 79.2 Å². The third-order valence-electron chi connectivity index (χ3n) is 6.88. The van der Waals surface area contributed by atoms with Crippen LogP contribution >= 0.6 is 0 Å². The van der Waals surface area contributed by atoms with Gasteiger partial charge in [0.05, 0.1) is 29.9 Å². The van der Waals surface area contributed by atoms with Gasteiger partial charge in [0.25, 0.3) is 5.91 Å². The Hall–Kier alpha value is -3.93. The van der Waals surface area contributed by atoms with Gasteiger partial charge in [0.2, 0.25) is 0 Å². The van der Waals surface area contributed by atoms with Crippen LogP contribution in [0.25, 0.3) is 0 Å². The largest absolute Gasteiger partial charge is 0.504 e. The number of fused-ring (bicyclic) bond motifs is 2. The molecule has 0 saturated heterocycles. The van der Waals surface area contributed by atoms with Crippen LogP contribution < -0.4 is 9.64 Å². The number of amides is 1. The Labute approximate surface area is 211 Å². The molecule has 184 valence electrons. The Bertz CT molecular complexity index is 1350. The summed E-state index contributed by atoms with van der Waals surface area (Å²) in [5, 5.41) is 10.4. The van der Waals surface area contributed by atoms with Crippen LogP contribution in [-0.4, -0.2) is 29.1 Å². The van der Waals surface area contributed by atoms with Crippen LogP contribution in [0.15, 0.2) is 77.8 Å². The van der Waals surface area contributed by atoms with E-state index in [1.54, 1.807) is 35.2 Å². The molecular weight excluding hydrogens is 452 g/mol. The van der Waals surface area contributed by atoms with E-state index in [-0.39, 0.29) is 22.9 Å². The summed E-state index contributed by atoms with van der Waals surface area (Å²) in [6, 6.07) is 21.1. The van der Waals surface area contributed by atoms with Crippen molar-refractivity contribution >= 4 is 28.8 Å². The summed E-state index contributed by atoms with van der Waals surface area (Å²) < 4.78 is 5.68. The number of carbonyl (C=O) groups excluding carboxylic acids is 2. The molecule has 1 aliphatic heterocycles. The predicted octanol–water partition coefficient (Wildman–Crippen LogP) is 6.27. The molecule has 0 spiro atoms. The fourth-order valence-corrected chi connectivity index (χ4v) is 5.40. The second-order valence-corrected chi connectivity index (χ2v) is 10.2. The number of rotatable bonds is 4. The fourth-order valence-electron chi connectivity index (χ4n) is 5.40. The zero-order valence-corrected chi connectivity index (χ0v) is 20.8. The van der Waals surface area contributed by atoms with E-state index in [9.17, 15) is 14.7 Å². The van der Waals surface area contributed by atoms with Crippen molar-refractivity contribution in [3.05, 3.63) is 83.9 Å². The lowest BCUT2D eigenvalue weighted by Crippen LogP contribution is -2.47. The van der Waals surface area contributed by atoms with Crippen molar-refractivity contribution in [2.45, 2.75) is 39.7 Å². The summed E-state index contributed by atoms with van der Waals surface area (Å²) in [6.45, 7) is 6.38. The summed E-state index contributed by atoms with van der Waals surface area (Å²) in [6.07, 6.45) is 1.05. The van der Waals surface area contributed by atoms with Crippen molar-refractivity contribution in [1.82, 2.24) is 0 Å². The molecule has 1 amide bonds. The number of aromatic hydroxyl groups is 1. The number of nitrogens with zero attached hydrogens (tertiary/aromatic N) is 2. The molecule has 0 aromatic heterocycles. The van der Waals surface area contributed by atoms with Gasteiger partial charge in [-0.3, -0.25) is 19.5 Å². The molecule has 0 radical (unpaired) electrons. The molecule has 5 rings (SSSR count). The first kappa shape index (κ1) is 23.8. The van der Waals surface area contributed by atoms with Gasteiger partial charge < -0.3 is 9.84 Å². The van der Waals surface area contributed by atoms with Gasteiger partial charge in [0, 0.05) is 17.7 Å². The van der Waals surface area contributed by atoms with Gasteiger partial charge in [0.1, 0.15) is 5.78 Å². The van der Waals surface area contributed by atoms with Gasteiger partial charge in [-0.15, -0.1) is 0 Å². The number of hydrogen-bond donors (Lipinski definition) is 1. The van der Waals surface area contributed by atoms with Gasteiger partial charge in [0.15, 0.2) is 11.5 Å². The summed E-state index contributed by atoms with van der Waals surface area (Å²) in [7, 11) is 0. The number of Topliss-reactive ketones (excluding diaryl/α,β-unsaturated/α-hetero) is 1. The summed E-state index contributed by atoms with van der Waals surface area (Å²) in [5.74, 6) is -0.438. The summed E-state index contributed by atoms with van der Waals surface area (Å²) in [4.78, 5) is 34.7. The number of ether oxygens (including phenoxy) is 1. The van der Waals surface area contributed by atoms with Crippen molar-refractivity contribution in [2.75, 3.05) is 11.5 Å². The highest BCUT2D eigenvalue weighted by atomic mass is 16.5. The zero-order chi connectivity index (χ0) is 25.4. The summed E-state index contributed by atoms with van der Waals surface area (Å²) in [5.41, 5.74) is 3.10. The maximum Gasteiger partial charge on any atom is 0.258 e. The SMILES string of the molecule is CCOc1cc(C2C3C(=O)CC(C)(C)CC3=Nc3ccccc3N2C(=O)c2ccccc2)ccc1O. The van der Waals surface area contributed by atoms with Crippen LogP contribution in [0.2, 0.25) is 0 Å². The molecule has 6 heteroatoms. The molecule has 2 unspecified atom stereocenters. The van der Waals surface area contributed by atoms with E-state index in [0.717, 1.165) is 5.71 Å². The molecule has 0 bridgehead atoms. The van der Waals surface area contributed by atoms with Gasteiger partial charge in [-0.25, -0.2) is 0 Å². The number of phenolic OH excluding ortho intramolecular Hbond substituents is 1. The number of benzene rings is 3. The molecule has 3 aromatic carbocycles. The van der Waals surface area contributed by atoms with E-state index in [4.69, 9.17) is 9.73 Å². The average Bonchev–Trinajstić information content (AvgIpc) is 2.99. The quantitative estimate of drug-likeness (QED) is 0.475. The Balaban J connectivity index is 1.77. The average molecular weight is 483 g/mol. The van der Waals surface area contributed by atoms with Gasteiger partial charge >= 0.3 is 0 Å². The predicted molar refractivity (Wildman–Crippen MR) is 140 cm³/mol. The highest BCUT2D eigenvalue weighted by Crippen LogP contribution is 2.49. The number of anilines is 1. The Morgan fingerprint density at radius 2 is 1.78 bits per heavy atom. The number of para-hydroxylation sites is 2. The number of hydrogen-bond acceptors (Lipinski definition) is 5. The third kappa shape index (κ3) is 4.28. The van der Waals surface area contributed by atoms with Crippen molar-refractivity contribution in [3.8, 4) is 11.5 Å². The van der Waals surface area contributed by atoms with Crippen LogP contribution in [0.5, 0.6) is 11.5 Å². The van der Waals surface area contributed by atoms with Crippen molar-refractivity contribution in [2.24, 2.45) is 16.3 Å². The van der Waals surface area contributed by atoms with Crippen LogP contribution in [0, 0.1) is 11.3 Å². The summed E-state index contributed by atoms with van der Waals surface area (Å²) >= 11 is 0. The van der Waals surface area contributed by atoms with Crippen molar-refractivity contribution in [1.29, 1.82) is 0 Å². The van der Waals surface area contributed by atoms with E-state index in [1.807, 2.05) is 49.4 Å². The molecule has 3 aromatic rings. The Morgan fingerprint density at radius 1 is 1.06 bits per heavy atom. The lowest BCUT2D eigenvalue weighted by Gasteiger charge is -2.41. The van der Waals surface area contributed by atoms with Crippen LogP contribution in [0.4, 0.5) is 11.4 Å². The highest BCUT2D eigenvalue weighted by molar-refractivity contribution is 6.15. The molecular formula is C30H30N2O4. The zero-order valence-electron chi connectivity index (χ0n) is 20.8. The number of phenols is 1. The lowest BCUT2D eigenvalue weighted by atomic mass is 9.68. The first-order chi connectivity index (χ1) is 17.3. The Kier molecular flexibility index (Phi) is 6.12. The molecule has 1 N–H and O–H groups in total. The second kappa shape index (κ2) is 9.26. The van der Waals surface area contributed by atoms with Crippen LogP contribution in [0.3, 0.4) is 0 Å².